The standard InChI is InChI=1S/C19H28N2O2.ClH/c1-14(15-6-9-20-10-7-15)12-19(22)21-13-16-8-11-23-18-5-3-2-4-17(16)18;/h2-5,14-16,20H,6-13H2,1H3,(H,21,22);1H. The van der Waals surface area contributed by atoms with E-state index < -0.39 is 0 Å². The number of nitrogens with one attached hydrogen (secondary N) is 2. The Hall–Kier alpha value is -1.26. The topological polar surface area (TPSA) is 50.4 Å². The number of rotatable bonds is 5. The number of ether oxygens (including phenoxy) is 1. The van der Waals surface area contributed by atoms with E-state index in [9.17, 15) is 4.79 Å². The predicted octanol–water partition coefficient (Wildman–Crippen LogP) is 3.12. The molecule has 0 bridgehead atoms. The van der Waals surface area contributed by atoms with Crippen LogP contribution in [0.15, 0.2) is 24.3 Å². The number of benzene rings is 1. The first-order valence-corrected chi connectivity index (χ1v) is 8.93. The van der Waals surface area contributed by atoms with E-state index in [4.69, 9.17) is 4.74 Å². The van der Waals surface area contributed by atoms with Crippen molar-refractivity contribution in [1.82, 2.24) is 10.6 Å². The van der Waals surface area contributed by atoms with Gasteiger partial charge in [-0.15, -0.1) is 12.4 Å². The maximum Gasteiger partial charge on any atom is 0.220 e. The molecule has 1 aromatic rings. The van der Waals surface area contributed by atoms with Crippen LogP contribution >= 0.6 is 12.4 Å². The molecular formula is C19H29ClN2O2. The molecule has 24 heavy (non-hydrogen) atoms. The minimum Gasteiger partial charge on any atom is -0.493 e. The molecule has 0 radical (unpaired) electrons. The lowest BCUT2D eigenvalue weighted by Gasteiger charge is -2.29. The second-order valence-corrected chi connectivity index (χ2v) is 6.94. The van der Waals surface area contributed by atoms with Crippen LogP contribution in [0.1, 0.15) is 44.1 Å². The third-order valence-electron chi connectivity index (χ3n) is 5.32. The summed E-state index contributed by atoms with van der Waals surface area (Å²) >= 11 is 0. The summed E-state index contributed by atoms with van der Waals surface area (Å²) in [5.74, 6) is 2.70. The van der Waals surface area contributed by atoms with Gasteiger partial charge >= 0.3 is 0 Å². The fourth-order valence-corrected chi connectivity index (χ4v) is 3.81. The first-order chi connectivity index (χ1) is 11.2. The number of halogens is 1. The minimum absolute atomic E-state index is 0. The van der Waals surface area contributed by atoms with Crippen molar-refractivity contribution in [2.24, 2.45) is 11.8 Å². The lowest BCUT2D eigenvalue weighted by molar-refractivity contribution is -0.122. The Morgan fingerprint density at radius 1 is 1.29 bits per heavy atom. The molecule has 0 aliphatic carbocycles. The average Bonchev–Trinajstić information content (AvgIpc) is 2.60. The number of hydrogen-bond donors (Lipinski definition) is 2. The summed E-state index contributed by atoms with van der Waals surface area (Å²) in [5, 5.41) is 6.54. The van der Waals surface area contributed by atoms with Gasteiger partial charge in [-0.2, -0.15) is 0 Å². The second-order valence-electron chi connectivity index (χ2n) is 6.94. The lowest BCUT2D eigenvalue weighted by atomic mass is 9.84. The lowest BCUT2D eigenvalue weighted by Crippen LogP contribution is -2.35. The summed E-state index contributed by atoms with van der Waals surface area (Å²) in [6.45, 7) is 5.87. The van der Waals surface area contributed by atoms with E-state index >= 15 is 0 Å². The van der Waals surface area contributed by atoms with E-state index in [0.29, 0.717) is 24.2 Å². The zero-order valence-corrected chi connectivity index (χ0v) is 15.2. The van der Waals surface area contributed by atoms with Crippen molar-refractivity contribution >= 4 is 18.3 Å². The van der Waals surface area contributed by atoms with Crippen LogP contribution in [0.25, 0.3) is 0 Å². The molecule has 1 amide bonds. The number of fused-ring (bicyclic) bond motifs is 1. The fourth-order valence-electron chi connectivity index (χ4n) is 3.81. The van der Waals surface area contributed by atoms with Crippen molar-refractivity contribution in [3.05, 3.63) is 29.8 Å². The van der Waals surface area contributed by atoms with Gasteiger partial charge in [0.2, 0.25) is 5.91 Å². The molecular weight excluding hydrogens is 324 g/mol. The van der Waals surface area contributed by atoms with Gasteiger partial charge in [0, 0.05) is 18.9 Å². The fraction of sp³-hybridized carbons (Fsp3) is 0.632. The first-order valence-electron chi connectivity index (χ1n) is 8.93. The van der Waals surface area contributed by atoms with Gasteiger partial charge in [-0.3, -0.25) is 4.79 Å². The molecule has 3 rings (SSSR count). The van der Waals surface area contributed by atoms with Gasteiger partial charge in [0.15, 0.2) is 0 Å². The van der Waals surface area contributed by atoms with Gasteiger partial charge in [0.25, 0.3) is 0 Å². The molecule has 2 aliphatic heterocycles. The molecule has 2 atom stereocenters. The molecule has 1 fully saturated rings. The largest absolute Gasteiger partial charge is 0.493 e. The quantitative estimate of drug-likeness (QED) is 0.856. The van der Waals surface area contributed by atoms with E-state index in [-0.39, 0.29) is 18.3 Å². The maximum absolute atomic E-state index is 12.3. The Bertz CT molecular complexity index is 532. The van der Waals surface area contributed by atoms with Crippen molar-refractivity contribution in [3.63, 3.8) is 0 Å². The predicted molar refractivity (Wildman–Crippen MR) is 98.9 cm³/mol. The molecule has 4 nitrogen and oxygen atoms in total. The van der Waals surface area contributed by atoms with Gasteiger partial charge in [0.05, 0.1) is 6.61 Å². The molecule has 134 valence electrons. The molecule has 2 unspecified atom stereocenters. The van der Waals surface area contributed by atoms with Crippen LogP contribution in [0, 0.1) is 11.8 Å². The molecule has 0 spiro atoms. The van der Waals surface area contributed by atoms with E-state index in [2.05, 4.69) is 23.6 Å². The van der Waals surface area contributed by atoms with Gasteiger partial charge in [0.1, 0.15) is 5.75 Å². The normalized spacial score (nSPS) is 21.8. The second kappa shape index (κ2) is 9.28. The van der Waals surface area contributed by atoms with Gasteiger partial charge in [-0.25, -0.2) is 0 Å². The van der Waals surface area contributed by atoms with Crippen molar-refractivity contribution in [1.29, 1.82) is 0 Å². The number of piperidine rings is 1. The highest BCUT2D eigenvalue weighted by Crippen LogP contribution is 2.32. The highest BCUT2D eigenvalue weighted by molar-refractivity contribution is 5.85. The Kier molecular flexibility index (Phi) is 7.38. The van der Waals surface area contributed by atoms with Crippen LogP contribution in [-0.2, 0) is 4.79 Å². The monoisotopic (exact) mass is 352 g/mol. The minimum atomic E-state index is 0. The van der Waals surface area contributed by atoms with Crippen LogP contribution in [0.4, 0.5) is 0 Å². The number of amides is 1. The summed E-state index contributed by atoms with van der Waals surface area (Å²) in [7, 11) is 0. The highest BCUT2D eigenvalue weighted by Gasteiger charge is 2.24. The van der Waals surface area contributed by atoms with E-state index in [1.165, 1.54) is 18.4 Å². The van der Waals surface area contributed by atoms with Crippen LogP contribution in [0.2, 0.25) is 0 Å². The molecule has 2 aliphatic rings. The molecule has 2 heterocycles. The van der Waals surface area contributed by atoms with Crippen molar-refractivity contribution in [2.75, 3.05) is 26.2 Å². The summed E-state index contributed by atoms with van der Waals surface area (Å²) in [5.41, 5.74) is 1.23. The molecule has 1 aromatic carbocycles. The van der Waals surface area contributed by atoms with Gasteiger partial charge in [-0.1, -0.05) is 25.1 Å². The highest BCUT2D eigenvalue weighted by atomic mass is 35.5. The molecule has 5 heteroatoms. The maximum atomic E-state index is 12.3. The molecule has 1 saturated heterocycles. The molecule has 0 saturated carbocycles. The Morgan fingerprint density at radius 3 is 2.83 bits per heavy atom. The van der Waals surface area contributed by atoms with Crippen molar-refractivity contribution in [2.45, 2.75) is 38.5 Å². The van der Waals surface area contributed by atoms with Crippen LogP contribution in [0.3, 0.4) is 0 Å². The Morgan fingerprint density at radius 2 is 2.04 bits per heavy atom. The van der Waals surface area contributed by atoms with Crippen LogP contribution in [-0.4, -0.2) is 32.1 Å². The first kappa shape index (κ1) is 19.1. The smallest absolute Gasteiger partial charge is 0.220 e. The zero-order chi connectivity index (χ0) is 16.1. The number of para-hydroxylation sites is 1. The third kappa shape index (κ3) is 4.87. The van der Waals surface area contributed by atoms with E-state index in [1.807, 2.05) is 18.2 Å². The Balaban J connectivity index is 0.00000208. The van der Waals surface area contributed by atoms with Gasteiger partial charge in [-0.05, 0) is 55.8 Å². The molecule has 2 N–H and O–H groups in total. The summed E-state index contributed by atoms with van der Waals surface area (Å²) < 4.78 is 5.69. The summed E-state index contributed by atoms with van der Waals surface area (Å²) in [4.78, 5) is 12.3. The number of hydrogen-bond acceptors (Lipinski definition) is 3. The Labute approximate surface area is 151 Å². The van der Waals surface area contributed by atoms with Gasteiger partial charge < -0.3 is 15.4 Å². The zero-order valence-electron chi connectivity index (χ0n) is 14.4. The number of carbonyl (C=O) groups excluding carboxylic acids is 1. The summed E-state index contributed by atoms with van der Waals surface area (Å²) in [6, 6.07) is 8.17. The number of carbonyl (C=O) groups is 1. The van der Waals surface area contributed by atoms with E-state index in [1.54, 1.807) is 0 Å². The van der Waals surface area contributed by atoms with Crippen LogP contribution < -0.4 is 15.4 Å². The molecule has 0 aromatic heterocycles. The SMILES string of the molecule is CC(CC(=O)NCC1CCOc2ccccc21)C1CCNCC1.Cl. The van der Waals surface area contributed by atoms with E-state index in [0.717, 1.165) is 38.4 Å². The third-order valence-corrected chi connectivity index (χ3v) is 5.32. The summed E-state index contributed by atoms with van der Waals surface area (Å²) in [6.07, 6.45) is 4.01. The average molecular weight is 353 g/mol. The van der Waals surface area contributed by atoms with Crippen molar-refractivity contribution < 1.29 is 9.53 Å². The van der Waals surface area contributed by atoms with Crippen LogP contribution in [0.5, 0.6) is 5.75 Å². The van der Waals surface area contributed by atoms with Crippen molar-refractivity contribution in [3.8, 4) is 5.75 Å².